The quantitative estimate of drug-likeness (QED) is 0.120. The van der Waals surface area contributed by atoms with E-state index in [-0.39, 0.29) is 32.5 Å². The van der Waals surface area contributed by atoms with Gasteiger partial charge in [0, 0.05) is 80.5 Å². The second kappa shape index (κ2) is 29.2. The number of fused-ring (bicyclic) bond motifs is 10. The lowest BCUT2D eigenvalue weighted by atomic mass is 9.33. The van der Waals surface area contributed by atoms with Gasteiger partial charge in [0.25, 0.3) is 6.71 Å². The van der Waals surface area contributed by atoms with Crippen LogP contribution in [0.25, 0.3) is 77.2 Å². The average Bonchev–Trinajstić information content (AvgIpc) is 1.07. The van der Waals surface area contributed by atoms with Crippen molar-refractivity contribution in [2.75, 3.05) is 9.80 Å². The Morgan fingerprint density at radius 1 is 0.233 bits per heavy atom. The molecule has 2 aliphatic rings. The lowest BCUT2D eigenvalue weighted by molar-refractivity contribution is 0.411. The third-order valence-corrected chi connectivity index (χ3v) is 23.8. The van der Waals surface area contributed by atoms with Crippen LogP contribution in [0.4, 0.5) is 34.1 Å². The Morgan fingerprint density at radius 2 is 0.500 bits per heavy atom. The van der Waals surface area contributed by atoms with Gasteiger partial charge < -0.3 is 18.9 Å². The Kier molecular flexibility index (Phi) is 17.9. The number of aromatic nitrogens is 2. The van der Waals surface area contributed by atoms with E-state index in [0.29, 0.717) is 27.8 Å². The molecule has 0 aliphatic carbocycles. The smallest absolute Gasteiger partial charge is 0.252 e. The summed E-state index contributed by atoms with van der Waals surface area (Å²) in [4.78, 5) is 4.96. The first kappa shape index (κ1) is 73.4. The summed E-state index contributed by atoms with van der Waals surface area (Å²) < 4.78 is 105. The molecule has 0 N–H and O–H groups in total. The molecule has 0 atom stereocenters. The zero-order chi connectivity index (χ0) is 96.1. The Bertz CT molecular complexity index is 6130. The lowest BCUT2D eigenvalue weighted by Gasteiger charge is -2.45. The zero-order valence-electron chi connectivity index (χ0n) is 88.8. The molecular formula is C115H141BN4. The Labute approximate surface area is 738 Å². The monoisotopic (exact) mass is 1600 g/mol. The highest BCUT2D eigenvalue weighted by Gasteiger charge is 2.46. The molecule has 0 bridgehead atoms. The van der Waals surface area contributed by atoms with Crippen LogP contribution < -0.4 is 26.2 Å². The van der Waals surface area contributed by atoms with Gasteiger partial charge >= 0.3 is 0 Å². The van der Waals surface area contributed by atoms with E-state index < -0.39 is 65.7 Å². The van der Waals surface area contributed by atoms with Crippen molar-refractivity contribution in [3.05, 3.63) is 255 Å². The summed E-state index contributed by atoms with van der Waals surface area (Å²) in [5.41, 5.74) is 21.2. The van der Waals surface area contributed by atoms with Crippen LogP contribution in [0.15, 0.2) is 194 Å². The van der Waals surface area contributed by atoms with Crippen LogP contribution in [-0.2, 0) is 64.4 Å². The summed E-state index contributed by atoms with van der Waals surface area (Å²) in [5, 5.41) is 3.19. The second-order valence-corrected chi connectivity index (χ2v) is 46.6. The molecule has 120 heavy (non-hydrogen) atoms. The van der Waals surface area contributed by atoms with Crippen molar-refractivity contribution >= 4 is 101 Å². The van der Waals surface area contributed by atoms with E-state index >= 15 is 0 Å². The minimum atomic E-state index is -2.00. The van der Waals surface area contributed by atoms with Gasteiger partial charge in [-0.2, -0.15) is 0 Å². The molecule has 624 valence electrons. The van der Waals surface area contributed by atoms with Crippen molar-refractivity contribution in [2.24, 2.45) is 27.1 Å². The maximum atomic E-state index is 11.0. The summed E-state index contributed by atoms with van der Waals surface area (Å²) in [6, 6.07) is 70.6. The molecule has 4 nitrogen and oxygen atoms in total. The molecule has 13 aromatic rings. The highest BCUT2D eigenvalue weighted by molar-refractivity contribution is 7.00. The molecular weight excluding hydrogens is 1450 g/mol. The molecule has 4 heterocycles. The van der Waals surface area contributed by atoms with Crippen molar-refractivity contribution in [1.29, 1.82) is 0 Å². The van der Waals surface area contributed by atoms with E-state index in [1.54, 1.807) is 0 Å². The first-order chi connectivity index (χ1) is 59.2. The van der Waals surface area contributed by atoms with Crippen molar-refractivity contribution in [3.63, 3.8) is 0 Å². The van der Waals surface area contributed by atoms with Crippen LogP contribution in [0.1, 0.15) is 303 Å². The largest absolute Gasteiger partial charge is 0.311 e. The maximum Gasteiger partial charge on any atom is 0.252 e. The van der Waals surface area contributed by atoms with Gasteiger partial charge in [0.2, 0.25) is 0 Å². The van der Waals surface area contributed by atoms with Crippen molar-refractivity contribution in [2.45, 2.75) is 293 Å². The van der Waals surface area contributed by atoms with Crippen LogP contribution in [-0.4, -0.2) is 15.8 Å². The van der Waals surface area contributed by atoms with E-state index in [0.717, 1.165) is 139 Å². The van der Waals surface area contributed by atoms with E-state index in [4.69, 9.17) is 0 Å². The van der Waals surface area contributed by atoms with Gasteiger partial charge in [0.05, 0.1) is 33.4 Å². The molecule has 2 aliphatic heterocycles. The minimum absolute atomic E-state index is 0.261. The zero-order valence-corrected chi connectivity index (χ0v) is 78.8. The lowest BCUT2D eigenvalue weighted by Crippen LogP contribution is -2.61. The first-order valence-corrected chi connectivity index (χ1v) is 44.1. The SMILES string of the molecule is [2H]C([2H])(c1cc2c3c(c1)N(c1ccc(C(C)(C)C)cc1-c1cc(C(C)(C)C)cc(C(C)(C)C)c1)c1cc(-n4c5ccc(C([2H])([2H])C(C)(C)C)cc5c5cc(C([2H])([2H])C(C)(C)C)ccc54)ccc1B3c1ccc(-n3c4ccc(C([2H])([2H])C(C)(C)C)cc4c4cc(C([2H])([2H])C(C)(C)C)ccc43)cc1N2c1ccc(C(C)(C)C)cc1-c1cc(C(C)(C)C)cc(C(C)(C)C)c1)C(C)(C)C. The van der Waals surface area contributed by atoms with Crippen LogP contribution in [0, 0.1) is 27.1 Å². The number of hydrogen-bond acceptors (Lipinski definition) is 2. The van der Waals surface area contributed by atoms with E-state index in [2.05, 4.69) is 289 Å². The highest BCUT2D eigenvalue weighted by Crippen LogP contribution is 2.54. The second-order valence-electron chi connectivity index (χ2n) is 46.6. The van der Waals surface area contributed by atoms with Crippen LogP contribution in [0.3, 0.4) is 0 Å². The standard InChI is InChI=1S/C115H141BN4/c1-105(2,3)66-71-34-44-96-88(50-71)89-51-72(67-106(4,5)6)35-45-97(89)117(96)84-40-42-92-100(64-84)119(94-48-38-78(110(16,17)18)62-86(94)76-56-80(112(22,23)24)60-81(57-76)113(25,26)27)102-54-75(70-109(13,14)15)55-103-104(102)116(92)93-43-41-85(118-98-46-36-73(68-107(7,8)9)52-90(98)91-53-74(37-47-99(91)118)69-108(10,11)12)65-101(93)120(103)95-49-39-79(111(19,20)21)63-87(95)77-58-82(114(28,29)30)61-83(59-77)115(31,32)33/h34-65H,66-70H2,1-33H3/i66D2,67D2,68D2,69D2,70D2. The third-order valence-electron chi connectivity index (χ3n) is 23.8. The first-order valence-electron chi connectivity index (χ1n) is 49.1. The van der Waals surface area contributed by atoms with E-state index in [1.807, 2.05) is 152 Å². The number of benzene rings is 11. The fraction of sp³-hybridized carbons (Fsp3) is 0.426. The Balaban J connectivity index is 1.16. The summed E-state index contributed by atoms with van der Waals surface area (Å²) in [7, 11) is 0. The van der Waals surface area contributed by atoms with Crippen molar-refractivity contribution < 1.29 is 13.7 Å². The normalized spacial score (nSPS) is 16.0. The van der Waals surface area contributed by atoms with E-state index in [9.17, 15) is 13.7 Å². The molecule has 0 amide bonds. The van der Waals surface area contributed by atoms with Gasteiger partial charge in [-0.3, -0.25) is 0 Å². The average molecular weight is 1600 g/mol. The predicted molar refractivity (Wildman–Crippen MR) is 528 cm³/mol. The summed E-state index contributed by atoms with van der Waals surface area (Å²) in [6.07, 6.45) is -9.07. The van der Waals surface area contributed by atoms with Crippen LogP contribution >= 0.6 is 0 Å². The molecule has 15 rings (SSSR count). The van der Waals surface area contributed by atoms with Crippen LogP contribution in [0.2, 0.25) is 0 Å². The van der Waals surface area contributed by atoms with Gasteiger partial charge in [-0.25, -0.2) is 0 Å². The minimum Gasteiger partial charge on any atom is -0.311 e. The molecule has 0 fully saturated rings. The predicted octanol–water partition coefficient (Wildman–Crippen LogP) is 31.0. The maximum absolute atomic E-state index is 11.0. The van der Waals surface area contributed by atoms with Crippen molar-refractivity contribution in [1.82, 2.24) is 9.13 Å². The Hall–Kier alpha value is -9.32. The number of rotatable bonds is 11. The Morgan fingerprint density at radius 3 is 0.758 bits per heavy atom. The van der Waals surface area contributed by atoms with Gasteiger partial charge in [0.15, 0.2) is 0 Å². The van der Waals surface area contributed by atoms with Gasteiger partial charge in [-0.15, -0.1) is 0 Å². The fourth-order valence-corrected chi connectivity index (χ4v) is 18.1. The molecule has 5 heteroatoms. The number of nitrogens with zero attached hydrogens (tertiary/aromatic N) is 4. The fourth-order valence-electron chi connectivity index (χ4n) is 18.1. The molecule has 0 saturated carbocycles. The van der Waals surface area contributed by atoms with E-state index in [1.165, 1.54) is 22.3 Å². The third kappa shape index (κ3) is 17.1. The van der Waals surface area contributed by atoms with Gasteiger partial charge in [-0.05, 0) is 289 Å². The summed E-state index contributed by atoms with van der Waals surface area (Å²) >= 11 is 0. The molecule has 0 saturated heterocycles. The number of hydrogen-bond donors (Lipinski definition) is 0. The van der Waals surface area contributed by atoms with Gasteiger partial charge in [-0.1, -0.05) is 313 Å². The molecule has 0 unspecified atom stereocenters. The molecule has 11 aromatic carbocycles. The summed E-state index contributed by atoms with van der Waals surface area (Å²) in [5.74, 6) is 0. The number of anilines is 6. The summed E-state index contributed by atoms with van der Waals surface area (Å²) in [6.45, 7) is 70.0. The van der Waals surface area contributed by atoms with Crippen molar-refractivity contribution in [3.8, 4) is 33.6 Å². The molecule has 0 radical (unpaired) electrons. The topological polar surface area (TPSA) is 16.3 Å². The molecule has 2 aromatic heterocycles. The van der Waals surface area contributed by atoms with Gasteiger partial charge in [0.1, 0.15) is 0 Å². The molecule has 0 spiro atoms. The highest BCUT2D eigenvalue weighted by atomic mass is 15.2. The van der Waals surface area contributed by atoms with Crippen LogP contribution in [0.5, 0.6) is 0 Å².